The predicted octanol–water partition coefficient (Wildman–Crippen LogP) is 5.56. The van der Waals surface area contributed by atoms with Crippen molar-refractivity contribution >= 4 is 61.7 Å². The minimum Gasteiger partial charge on any atom is -0.368 e. The van der Waals surface area contributed by atoms with Crippen LogP contribution in [0.15, 0.2) is 99.4 Å². The second-order valence-corrected chi connectivity index (χ2v) is 10.3. The van der Waals surface area contributed by atoms with Gasteiger partial charge in [-0.2, -0.15) is 0 Å². The zero-order chi connectivity index (χ0) is 25.1. The summed E-state index contributed by atoms with van der Waals surface area (Å²) in [6.07, 6.45) is 3.74. The topological polar surface area (TPSA) is 80.7 Å². The van der Waals surface area contributed by atoms with E-state index in [1.807, 2.05) is 95.7 Å². The Morgan fingerprint density at radius 1 is 1.00 bits per heavy atom. The molecule has 1 fully saturated rings. The molecule has 0 spiro atoms. The highest BCUT2D eigenvalue weighted by Crippen LogP contribution is 2.36. The van der Waals surface area contributed by atoms with Crippen LogP contribution in [0.4, 0.5) is 0 Å². The van der Waals surface area contributed by atoms with Gasteiger partial charge < -0.3 is 10.3 Å². The van der Waals surface area contributed by atoms with Crippen LogP contribution in [-0.2, 0) is 29.2 Å². The molecule has 1 aromatic heterocycles. The standard InChI is InChI=1S/C28H23BrN4O2S/c29-22-11-12-24-23(14-22)21(17-32(24)18-26(30)34)13-25-27(35)33(16-20-9-5-2-6-10-20)28(36-25)31-15-19-7-3-1-4-8-19/h1-14,17H,15-16,18H2,(H2,30,34)/b25-13+,31-28?. The maximum atomic E-state index is 13.6. The van der Waals surface area contributed by atoms with Crippen LogP contribution in [0.25, 0.3) is 17.0 Å². The number of rotatable bonds is 7. The number of thioether (sulfide) groups is 1. The number of halogens is 1. The normalized spacial score (nSPS) is 15.9. The summed E-state index contributed by atoms with van der Waals surface area (Å²) in [6, 6.07) is 25.7. The summed E-state index contributed by atoms with van der Waals surface area (Å²) in [6.45, 7) is 0.985. The summed E-state index contributed by atoms with van der Waals surface area (Å²) in [7, 11) is 0. The number of aromatic nitrogens is 1. The summed E-state index contributed by atoms with van der Waals surface area (Å²) in [5.74, 6) is -0.522. The molecule has 0 bridgehead atoms. The van der Waals surface area contributed by atoms with Gasteiger partial charge in [0.05, 0.1) is 18.0 Å². The fourth-order valence-corrected chi connectivity index (χ4v) is 5.45. The van der Waals surface area contributed by atoms with Crippen LogP contribution < -0.4 is 5.73 Å². The first-order chi connectivity index (χ1) is 17.5. The van der Waals surface area contributed by atoms with Gasteiger partial charge in [0.25, 0.3) is 5.91 Å². The molecule has 3 aromatic carbocycles. The molecule has 0 saturated carbocycles. The lowest BCUT2D eigenvalue weighted by Crippen LogP contribution is -2.28. The number of carbonyl (C=O) groups is 2. The highest BCUT2D eigenvalue weighted by molar-refractivity contribution is 9.10. The number of primary amides is 1. The number of hydrogen-bond acceptors (Lipinski definition) is 4. The first-order valence-electron chi connectivity index (χ1n) is 11.4. The van der Waals surface area contributed by atoms with Crippen LogP contribution in [0.3, 0.4) is 0 Å². The Morgan fingerprint density at radius 2 is 1.69 bits per heavy atom. The van der Waals surface area contributed by atoms with E-state index in [1.165, 1.54) is 11.8 Å². The third-order valence-corrected chi connectivity index (χ3v) is 7.34. The fourth-order valence-electron chi connectivity index (χ4n) is 4.13. The van der Waals surface area contributed by atoms with Crippen LogP contribution in [0.5, 0.6) is 0 Å². The smallest absolute Gasteiger partial charge is 0.267 e. The fraction of sp³-hybridized carbons (Fsp3) is 0.107. The van der Waals surface area contributed by atoms with E-state index in [9.17, 15) is 9.59 Å². The van der Waals surface area contributed by atoms with Gasteiger partial charge in [0, 0.05) is 27.1 Å². The molecule has 0 atom stereocenters. The third-order valence-electron chi connectivity index (χ3n) is 5.80. The van der Waals surface area contributed by atoms with Gasteiger partial charge >= 0.3 is 0 Å². The average Bonchev–Trinajstić information content (AvgIpc) is 3.35. The highest BCUT2D eigenvalue weighted by atomic mass is 79.9. The van der Waals surface area contributed by atoms with Crippen LogP contribution in [0, 0.1) is 0 Å². The molecule has 2 amide bonds. The van der Waals surface area contributed by atoms with E-state index in [2.05, 4.69) is 15.9 Å². The molecule has 0 radical (unpaired) electrons. The van der Waals surface area contributed by atoms with Crippen molar-refractivity contribution in [3.63, 3.8) is 0 Å². The maximum Gasteiger partial charge on any atom is 0.267 e. The van der Waals surface area contributed by atoms with Crippen molar-refractivity contribution in [3.05, 3.63) is 111 Å². The average molecular weight is 559 g/mol. The van der Waals surface area contributed by atoms with Gasteiger partial charge in [-0.3, -0.25) is 19.5 Å². The van der Waals surface area contributed by atoms with E-state index >= 15 is 0 Å². The van der Waals surface area contributed by atoms with Gasteiger partial charge in [0.2, 0.25) is 5.91 Å². The molecule has 1 saturated heterocycles. The van der Waals surface area contributed by atoms with Crippen LogP contribution in [-0.4, -0.2) is 26.4 Å². The van der Waals surface area contributed by atoms with Gasteiger partial charge in [-0.05, 0) is 47.2 Å². The second-order valence-electron chi connectivity index (χ2n) is 8.41. The van der Waals surface area contributed by atoms with Crippen molar-refractivity contribution < 1.29 is 9.59 Å². The molecule has 4 aromatic rings. The Kier molecular flexibility index (Phi) is 7.06. The molecular weight excluding hydrogens is 536 g/mol. The van der Waals surface area contributed by atoms with Crippen molar-refractivity contribution in [2.75, 3.05) is 0 Å². The molecule has 2 N–H and O–H groups in total. The minimum absolute atomic E-state index is 0.0618. The number of aliphatic imine (C=N–C) groups is 1. The van der Waals surface area contributed by atoms with Crippen molar-refractivity contribution in [3.8, 4) is 0 Å². The lowest BCUT2D eigenvalue weighted by atomic mass is 10.1. The SMILES string of the molecule is NC(=O)Cn1cc(/C=C2/SC(=NCc3ccccc3)N(Cc3ccccc3)C2=O)c2cc(Br)ccc21. The minimum atomic E-state index is -0.426. The van der Waals surface area contributed by atoms with Crippen LogP contribution in [0.2, 0.25) is 0 Å². The molecule has 36 heavy (non-hydrogen) atoms. The summed E-state index contributed by atoms with van der Waals surface area (Å²) < 4.78 is 2.72. The molecule has 1 aliphatic rings. The highest BCUT2D eigenvalue weighted by Gasteiger charge is 2.33. The number of amidine groups is 1. The number of fused-ring (bicyclic) bond motifs is 1. The molecule has 0 unspecified atom stereocenters. The quantitative estimate of drug-likeness (QED) is 0.301. The van der Waals surface area contributed by atoms with Crippen molar-refractivity contribution in [2.24, 2.45) is 10.7 Å². The number of nitrogens with two attached hydrogens (primary N) is 1. The largest absolute Gasteiger partial charge is 0.368 e. The van der Waals surface area contributed by atoms with Crippen molar-refractivity contribution in [1.82, 2.24) is 9.47 Å². The van der Waals surface area contributed by atoms with Gasteiger partial charge in [-0.25, -0.2) is 0 Å². The van der Waals surface area contributed by atoms with E-state index < -0.39 is 5.91 Å². The molecule has 0 aliphatic carbocycles. The number of carbonyl (C=O) groups excluding carboxylic acids is 2. The summed E-state index contributed by atoms with van der Waals surface area (Å²) in [4.78, 5) is 32.3. The monoisotopic (exact) mass is 558 g/mol. The summed E-state index contributed by atoms with van der Waals surface area (Å²) >= 11 is 4.90. The predicted molar refractivity (Wildman–Crippen MR) is 149 cm³/mol. The van der Waals surface area contributed by atoms with E-state index in [0.717, 1.165) is 32.1 Å². The molecule has 180 valence electrons. The number of nitrogens with zero attached hydrogens (tertiary/aromatic N) is 3. The number of hydrogen-bond donors (Lipinski definition) is 1. The maximum absolute atomic E-state index is 13.6. The molecule has 5 rings (SSSR count). The number of amides is 2. The lowest BCUT2D eigenvalue weighted by molar-refractivity contribution is -0.122. The summed E-state index contributed by atoms with van der Waals surface area (Å²) in [5.41, 5.74) is 9.29. The van der Waals surface area contributed by atoms with Gasteiger partial charge in [0.1, 0.15) is 6.54 Å². The molecule has 8 heteroatoms. The van der Waals surface area contributed by atoms with Gasteiger partial charge in [0.15, 0.2) is 5.17 Å². The van der Waals surface area contributed by atoms with Crippen molar-refractivity contribution in [2.45, 2.75) is 19.6 Å². The first-order valence-corrected chi connectivity index (χ1v) is 13.0. The third kappa shape index (κ3) is 5.29. The Bertz CT molecular complexity index is 1500. The molecule has 2 heterocycles. The van der Waals surface area contributed by atoms with E-state index in [1.54, 1.807) is 4.90 Å². The van der Waals surface area contributed by atoms with Crippen LogP contribution >= 0.6 is 27.7 Å². The Labute approximate surface area is 221 Å². The second kappa shape index (κ2) is 10.6. The Hall–Kier alpha value is -3.62. The zero-order valence-electron chi connectivity index (χ0n) is 19.3. The van der Waals surface area contributed by atoms with Gasteiger partial charge in [-0.1, -0.05) is 76.6 Å². The van der Waals surface area contributed by atoms with E-state index in [4.69, 9.17) is 10.7 Å². The lowest BCUT2D eigenvalue weighted by Gasteiger charge is -2.15. The molecule has 1 aliphatic heterocycles. The Morgan fingerprint density at radius 3 is 2.39 bits per heavy atom. The van der Waals surface area contributed by atoms with E-state index in [0.29, 0.717) is 23.2 Å². The molecule has 6 nitrogen and oxygen atoms in total. The number of benzene rings is 3. The molecular formula is C28H23BrN4O2S. The first kappa shape index (κ1) is 24.1. The Balaban J connectivity index is 1.53. The van der Waals surface area contributed by atoms with Crippen molar-refractivity contribution in [1.29, 1.82) is 0 Å². The summed E-state index contributed by atoms with van der Waals surface area (Å²) in [5, 5.41) is 1.59. The van der Waals surface area contributed by atoms with Gasteiger partial charge in [-0.15, -0.1) is 0 Å². The van der Waals surface area contributed by atoms with E-state index in [-0.39, 0.29) is 12.5 Å². The zero-order valence-corrected chi connectivity index (χ0v) is 21.7. The van der Waals surface area contributed by atoms with Crippen LogP contribution in [0.1, 0.15) is 16.7 Å².